The average molecular weight is 240 g/mol. The van der Waals surface area contributed by atoms with Crippen LogP contribution < -0.4 is 10.6 Å². The highest BCUT2D eigenvalue weighted by Gasteiger charge is 2.22. The fraction of sp³-hybridized carbons (Fsp3) is 0.857. The van der Waals surface area contributed by atoms with Gasteiger partial charge in [0.05, 0.1) is 20.3 Å². The van der Waals surface area contributed by atoms with Crippen molar-refractivity contribution in [2.45, 2.75) is 13.8 Å². The second-order valence-electron chi connectivity index (χ2n) is 2.37. The summed E-state index contributed by atoms with van der Waals surface area (Å²) in [5.74, 6) is -0.484. The van der Waals surface area contributed by atoms with Crippen LogP contribution in [0.25, 0.3) is 0 Å². The molecule has 90 valence electrons. The third kappa shape index (κ3) is 6.59. The van der Waals surface area contributed by atoms with Crippen molar-refractivity contribution in [1.29, 1.82) is 0 Å². The molecule has 0 fully saturated rings. The molecular formula is C7H17N2O5P. The van der Waals surface area contributed by atoms with Crippen LogP contribution >= 0.6 is 7.75 Å². The number of methoxy groups -OCH3 is 1. The van der Waals surface area contributed by atoms with Gasteiger partial charge in [-0.2, -0.15) is 5.20 Å². The van der Waals surface area contributed by atoms with Gasteiger partial charge in [0.15, 0.2) is 0 Å². The van der Waals surface area contributed by atoms with Gasteiger partial charge in [-0.05, 0) is 13.8 Å². The standard InChI is InChI=1S/C7H17N2O5P/c1-4-13-15(11,14-5-2)9-8-6-7(10)12-3/h8H,4-6H2,1-3H3,(H,9,11). The molecule has 0 unspecified atom stereocenters. The first kappa shape index (κ1) is 14.5. The first-order valence-corrected chi connectivity index (χ1v) is 6.08. The van der Waals surface area contributed by atoms with Gasteiger partial charge < -0.3 is 4.74 Å². The molecule has 0 saturated heterocycles. The monoisotopic (exact) mass is 240 g/mol. The molecule has 0 heterocycles. The molecule has 0 aliphatic heterocycles. The van der Waals surface area contributed by atoms with Crippen LogP contribution in [0.2, 0.25) is 0 Å². The minimum Gasteiger partial charge on any atom is -0.468 e. The van der Waals surface area contributed by atoms with Crippen LogP contribution in [0.15, 0.2) is 0 Å². The fourth-order valence-corrected chi connectivity index (χ4v) is 1.88. The van der Waals surface area contributed by atoms with Gasteiger partial charge in [-0.3, -0.25) is 13.8 Å². The van der Waals surface area contributed by atoms with Gasteiger partial charge >= 0.3 is 13.7 Å². The predicted molar refractivity (Wildman–Crippen MR) is 54.0 cm³/mol. The largest absolute Gasteiger partial charge is 0.468 e. The van der Waals surface area contributed by atoms with Crippen LogP contribution in [0.3, 0.4) is 0 Å². The molecule has 8 heteroatoms. The highest BCUT2D eigenvalue weighted by atomic mass is 31.2. The summed E-state index contributed by atoms with van der Waals surface area (Å²) < 4.78 is 25.9. The average Bonchev–Trinajstić information content (AvgIpc) is 2.18. The van der Waals surface area contributed by atoms with Gasteiger partial charge in [0.1, 0.15) is 6.54 Å². The minimum atomic E-state index is -3.35. The lowest BCUT2D eigenvalue weighted by atomic mass is 10.7. The summed E-state index contributed by atoms with van der Waals surface area (Å²) >= 11 is 0. The van der Waals surface area contributed by atoms with E-state index in [-0.39, 0.29) is 19.8 Å². The molecule has 0 atom stereocenters. The van der Waals surface area contributed by atoms with E-state index in [4.69, 9.17) is 9.05 Å². The van der Waals surface area contributed by atoms with E-state index < -0.39 is 13.7 Å². The third-order valence-corrected chi connectivity index (χ3v) is 2.90. The highest BCUT2D eigenvalue weighted by Crippen LogP contribution is 2.42. The van der Waals surface area contributed by atoms with Crippen molar-refractivity contribution >= 4 is 13.7 Å². The third-order valence-electron chi connectivity index (χ3n) is 1.27. The van der Waals surface area contributed by atoms with Crippen LogP contribution in [0.1, 0.15) is 13.8 Å². The number of carbonyl (C=O) groups excluding carboxylic acids is 1. The van der Waals surface area contributed by atoms with E-state index in [2.05, 4.69) is 15.4 Å². The van der Waals surface area contributed by atoms with Gasteiger partial charge in [0.2, 0.25) is 0 Å². The number of ether oxygens (including phenoxy) is 1. The molecule has 0 aromatic carbocycles. The molecule has 0 saturated carbocycles. The maximum atomic E-state index is 11.7. The number of carbonyl (C=O) groups is 1. The minimum absolute atomic E-state index is 0.124. The molecule has 0 aliphatic rings. The van der Waals surface area contributed by atoms with Gasteiger partial charge in [-0.1, -0.05) is 0 Å². The van der Waals surface area contributed by atoms with Crippen LogP contribution in [0.5, 0.6) is 0 Å². The van der Waals surface area contributed by atoms with Crippen molar-refractivity contribution < 1.29 is 23.1 Å². The Hall–Kier alpha value is -0.460. The van der Waals surface area contributed by atoms with E-state index in [1.54, 1.807) is 13.8 Å². The van der Waals surface area contributed by atoms with E-state index in [1.165, 1.54) is 7.11 Å². The van der Waals surface area contributed by atoms with Crippen LogP contribution in [-0.2, 0) is 23.1 Å². The Morgan fingerprint density at radius 2 is 1.80 bits per heavy atom. The lowest BCUT2D eigenvalue weighted by Gasteiger charge is -2.17. The molecule has 0 spiro atoms. The first-order chi connectivity index (χ1) is 7.08. The molecule has 0 radical (unpaired) electrons. The Labute approximate surface area is 89.0 Å². The maximum Gasteiger partial charge on any atom is 0.418 e. The molecule has 0 bridgehead atoms. The topological polar surface area (TPSA) is 85.9 Å². The number of hydrogen-bond acceptors (Lipinski definition) is 6. The Balaban J connectivity index is 3.96. The van der Waals surface area contributed by atoms with Crippen molar-refractivity contribution in [3.05, 3.63) is 0 Å². The van der Waals surface area contributed by atoms with Gasteiger partial charge in [0, 0.05) is 0 Å². The summed E-state index contributed by atoms with van der Waals surface area (Å²) in [7, 11) is -2.10. The summed E-state index contributed by atoms with van der Waals surface area (Å²) in [4.78, 5) is 10.7. The number of esters is 1. The Morgan fingerprint density at radius 1 is 1.27 bits per heavy atom. The second-order valence-corrected chi connectivity index (χ2v) is 4.11. The highest BCUT2D eigenvalue weighted by molar-refractivity contribution is 7.51. The number of hydrazine groups is 1. The fourth-order valence-electron chi connectivity index (χ4n) is 0.722. The van der Waals surface area contributed by atoms with Crippen molar-refractivity contribution in [3.8, 4) is 0 Å². The molecule has 0 aromatic rings. The zero-order valence-electron chi connectivity index (χ0n) is 9.11. The Kier molecular flexibility index (Phi) is 7.54. The summed E-state index contributed by atoms with van der Waals surface area (Å²) in [6.45, 7) is 3.73. The van der Waals surface area contributed by atoms with Crippen molar-refractivity contribution in [3.63, 3.8) is 0 Å². The van der Waals surface area contributed by atoms with Gasteiger partial charge in [-0.15, -0.1) is 0 Å². The van der Waals surface area contributed by atoms with E-state index in [9.17, 15) is 9.36 Å². The summed E-state index contributed by atoms with van der Waals surface area (Å²) in [6, 6.07) is 0. The summed E-state index contributed by atoms with van der Waals surface area (Å²) in [5, 5.41) is 2.32. The van der Waals surface area contributed by atoms with Crippen molar-refractivity contribution in [2.75, 3.05) is 26.9 Å². The van der Waals surface area contributed by atoms with Crippen molar-refractivity contribution in [1.82, 2.24) is 10.6 Å². The number of nitrogens with one attached hydrogen (secondary N) is 2. The van der Waals surface area contributed by atoms with Crippen LogP contribution in [0, 0.1) is 0 Å². The molecule has 2 N–H and O–H groups in total. The Bertz CT molecular complexity index is 225. The second kappa shape index (κ2) is 7.78. The SMILES string of the molecule is CCOP(=O)(NNCC(=O)OC)OCC. The lowest BCUT2D eigenvalue weighted by Crippen LogP contribution is -2.35. The smallest absolute Gasteiger partial charge is 0.418 e. The quantitative estimate of drug-likeness (QED) is 0.361. The predicted octanol–water partition coefficient (Wildman–Crippen LogP) is 0.435. The number of hydrogen-bond donors (Lipinski definition) is 2. The molecule has 0 aliphatic carbocycles. The summed E-state index contributed by atoms with van der Waals surface area (Å²) in [6.07, 6.45) is 0. The molecule has 15 heavy (non-hydrogen) atoms. The maximum absolute atomic E-state index is 11.7. The van der Waals surface area contributed by atoms with Gasteiger partial charge in [-0.25, -0.2) is 9.99 Å². The van der Waals surface area contributed by atoms with Crippen LogP contribution in [0.4, 0.5) is 0 Å². The molecule has 0 rings (SSSR count). The van der Waals surface area contributed by atoms with Crippen molar-refractivity contribution in [2.24, 2.45) is 0 Å². The first-order valence-electron chi connectivity index (χ1n) is 4.54. The number of rotatable bonds is 8. The lowest BCUT2D eigenvalue weighted by molar-refractivity contribution is -0.139. The van der Waals surface area contributed by atoms with E-state index >= 15 is 0 Å². The zero-order chi connectivity index (χ0) is 11.7. The molecule has 7 nitrogen and oxygen atoms in total. The van der Waals surface area contributed by atoms with Crippen LogP contribution in [-0.4, -0.2) is 32.8 Å². The normalized spacial score (nSPS) is 11.4. The summed E-state index contributed by atoms with van der Waals surface area (Å²) in [5.41, 5.74) is 2.41. The molecular weight excluding hydrogens is 223 g/mol. The van der Waals surface area contributed by atoms with E-state index in [0.29, 0.717) is 0 Å². The molecule has 0 aromatic heterocycles. The molecule has 0 amide bonds. The van der Waals surface area contributed by atoms with E-state index in [0.717, 1.165) is 0 Å². The Morgan fingerprint density at radius 3 is 2.20 bits per heavy atom. The van der Waals surface area contributed by atoms with Gasteiger partial charge in [0.25, 0.3) is 0 Å². The zero-order valence-corrected chi connectivity index (χ0v) is 10.0. The van der Waals surface area contributed by atoms with E-state index in [1.807, 2.05) is 0 Å².